The minimum atomic E-state index is -0.265. The SMILES string of the molecule is COC(=O)CCC1=CCCN(CCCCc2ccccc2)C1=O. The minimum absolute atomic E-state index is 0.0832. The zero-order chi connectivity index (χ0) is 16.5. The van der Waals surface area contributed by atoms with Gasteiger partial charge in [-0.15, -0.1) is 0 Å². The summed E-state index contributed by atoms with van der Waals surface area (Å²) in [7, 11) is 1.37. The third kappa shape index (κ3) is 5.55. The molecule has 0 atom stereocenters. The van der Waals surface area contributed by atoms with Crippen molar-refractivity contribution in [3.05, 3.63) is 47.5 Å². The van der Waals surface area contributed by atoms with Gasteiger partial charge in [-0.3, -0.25) is 9.59 Å². The van der Waals surface area contributed by atoms with Crippen LogP contribution in [-0.4, -0.2) is 37.0 Å². The van der Waals surface area contributed by atoms with E-state index in [0.29, 0.717) is 6.42 Å². The number of hydrogen-bond acceptors (Lipinski definition) is 3. The van der Waals surface area contributed by atoms with Crippen LogP contribution in [0.2, 0.25) is 0 Å². The molecule has 0 saturated carbocycles. The number of amides is 1. The normalized spacial score (nSPS) is 14.6. The number of aryl methyl sites for hydroxylation is 1. The molecule has 4 nitrogen and oxygen atoms in total. The maximum Gasteiger partial charge on any atom is 0.305 e. The lowest BCUT2D eigenvalue weighted by Gasteiger charge is -2.27. The summed E-state index contributed by atoms with van der Waals surface area (Å²) in [5, 5.41) is 0. The summed E-state index contributed by atoms with van der Waals surface area (Å²) in [4.78, 5) is 25.5. The molecule has 1 aromatic rings. The van der Waals surface area contributed by atoms with Crippen molar-refractivity contribution >= 4 is 11.9 Å². The van der Waals surface area contributed by atoms with Gasteiger partial charge in [-0.2, -0.15) is 0 Å². The number of carbonyl (C=O) groups excluding carboxylic acids is 2. The predicted molar refractivity (Wildman–Crippen MR) is 89.9 cm³/mol. The molecule has 1 heterocycles. The Hall–Kier alpha value is -2.10. The lowest BCUT2D eigenvalue weighted by molar-refractivity contribution is -0.140. The summed E-state index contributed by atoms with van der Waals surface area (Å²) in [6.07, 6.45) is 6.72. The summed E-state index contributed by atoms with van der Waals surface area (Å²) in [5.41, 5.74) is 2.10. The van der Waals surface area contributed by atoms with E-state index in [1.54, 1.807) is 0 Å². The molecule has 0 bridgehead atoms. The van der Waals surface area contributed by atoms with Crippen LogP contribution in [0.3, 0.4) is 0 Å². The molecule has 4 heteroatoms. The molecule has 0 aromatic heterocycles. The maximum absolute atomic E-state index is 12.4. The van der Waals surface area contributed by atoms with Crippen molar-refractivity contribution in [2.45, 2.75) is 38.5 Å². The molecule has 0 saturated heterocycles. The van der Waals surface area contributed by atoms with Gasteiger partial charge < -0.3 is 9.64 Å². The Kier molecular flexibility index (Phi) is 6.85. The lowest BCUT2D eigenvalue weighted by atomic mass is 10.0. The van der Waals surface area contributed by atoms with Crippen molar-refractivity contribution < 1.29 is 14.3 Å². The second-order valence-electron chi connectivity index (χ2n) is 5.83. The van der Waals surface area contributed by atoms with Crippen LogP contribution in [0.15, 0.2) is 42.0 Å². The van der Waals surface area contributed by atoms with Gasteiger partial charge >= 0.3 is 5.97 Å². The van der Waals surface area contributed by atoms with Crippen LogP contribution in [-0.2, 0) is 20.7 Å². The molecule has 0 aliphatic carbocycles. The number of unbranched alkanes of at least 4 members (excludes halogenated alkanes) is 1. The summed E-state index contributed by atoms with van der Waals surface area (Å²) in [6, 6.07) is 10.4. The highest BCUT2D eigenvalue weighted by Gasteiger charge is 2.21. The van der Waals surface area contributed by atoms with Gasteiger partial charge in [-0.05, 0) is 37.7 Å². The average molecular weight is 315 g/mol. The van der Waals surface area contributed by atoms with E-state index in [1.165, 1.54) is 12.7 Å². The van der Waals surface area contributed by atoms with E-state index < -0.39 is 0 Å². The van der Waals surface area contributed by atoms with Gasteiger partial charge in [-0.1, -0.05) is 36.4 Å². The molecule has 2 rings (SSSR count). The van der Waals surface area contributed by atoms with Crippen LogP contribution in [0.5, 0.6) is 0 Å². The number of esters is 1. The van der Waals surface area contributed by atoms with Crippen LogP contribution in [0.25, 0.3) is 0 Å². The second-order valence-corrected chi connectivity index (χ2v) is 5.83. The Labute approximate surface area is 138 Å². The fraction of sp³-hybridized carbons (Fsp3) is 0.474. The average Bonchev–Trinajstić information content (AvgIpc) is 2.59. The summed E-state index contributed by atoms with van der Waals surface area (Å²) >= 11 is 0. The predicted octanol–water partition coefficient (Wildman–Crippen LogP) is 3.12. The Morgan fingerprint density at radius 1 is 1.17 bits per heavy atom. The molecule has 0 N–H and O–H groups in total. The zero-order valence-electron chi connectivity index (χ0n) is 13.8. The molecule has 0 radical (unpaired) electrons. The first-order valence-corrected chi connectivity index (χ1v) is 8.29. The molecule has 1 amide bonds. The summed E-state index contributed by atoms with van der Waals surface area (Å²) in [5.74, 6) is -0.182. The highest BCUT2D eigenvalue weighted by atomic mass is 16.5. The van der Waals surface area contributed by atoms with Crippen molar-refractivity contribution in [1.29, 1.82) is 0 Å². The van der Waals surface area contributed by atoms with Gasteiger partial charge in [0, 0.05) is 25.1 Å². The topological polar surface area (TPSA) is 46.6 Å². The lowest BCUT2D eigenvalue weighted by Crippen LogP contribution is -2.36. The molecule has 1 aromatic carbocycles. The number of carbonyl (C=O) groups is 2. The number of hydrogen-bond donors (Lipinski definition) is 0. The highest BCUT2D eigenvalue weighted by Crippen LogP contribution is 2.17. The maximum atomic E-state index is 12.4. The summed E-state index contributed by atoms with van der Waals surface area (Å²) < 4.78 is 4.63. The Bertz CT molecular complexity index is 551. The standard InChI is InChI=1S/C19H25NO3/c1-23-18(21)13-12-17-11-7-15-20(19(17)22)14-6-5-10-16-8-3-2-4-9-16/h2-4,8-9,11H,5-7,10,12-15H2,1H3. The van der Waals surface area contributed by atoms with Crippen molar-refractivity contribution in [3.63, 3.8) is 0 Å². The first kappa shape index (κ1) is 17.3. The Morgan fingerprint density at radius 2 is 1.96 bits per heavy atom. The molecular weight excluding hydrogens is 290 g/mol. The zero-order valence-corrected chi connectivity index (χ0v) is 13.8. The Balaban J connectivity index is 1.72. The molecule has 0 fully saturated rings. The molecular formula is C19H25NO3. The van der Waals surface area contributed by atoms with Crippen LogP contribution in [0.1, 0.15) is 37.7 Å². The largest absolute Gasteiger partial charge is 0.469 e. The van der Waals surface area contributed by atoms with Gasteiger partial charge in [0.25, 0.3) is 0 Å². The molecule has 1 aliphatic heterocycles. The first-order valence-electron chi connectivity index (χ1n) is 8.29. The quantitative estimate of drug-likeness (QED) is 0.547. The summed E-state index contributed by atoms with van der Waals surface area (Å²) in [6.45, 7) is 1.58. The van der Waals surface area contributed by atoms with Gasteiger partial charge in [0.1, 0.15) is 0 Å². The minimum Gasteiger partial charge on any atom is -0.469 e. The van der Waals surface area contributed by atoms with E-state index in [0.717, 1.165) is 44.3 Å². The van der Waals surface area contributed by atoms with Crippen molar-refractivity contribution in [2.24, 2.45) is 0 Å². The third-order valence-electron chi connectivity index (χ3n) is 4.16. The van der Waals surface area contributed by atoms with Crippen LogP contribution < -0.4 is 0 Å². The number of benzene rings is 1. The van der Waals surface area contributed by atoms with E-state index in [4.69, 9.17) is 0 Å². The molecule has 0 unspecified atom stereocenters. The molecule has 0 spiro atoms. The van der Waals surface area contributed by atoms with Crippen molar-refractivity contribution in [3.8, 4) is 0 Å². The van der Waals surface area contributed by atoms with Crippen LogP contribution in [0.4, 0.5) is 0 Å². The van der Waals surface area contributed by atoms with E-state index in [-0.39, 0.29) is 18.3 Å². The van der Waals surface area contributed by atoms with E-state index in [9.17, 15) is 9.59 Å². The fourth-order valence-corrected chi connectivity index (χ4v) is 2.82. The molecule has 1 aliphatic rings. The first-order chi connectivity index (χ1) is 11.2. The fourth-order valence-electron chi connectivity index (χ4n) is 2.82. The Morgan fingerprint density at radius 3 is 2.70 bits per heavy atom. The monoisotopic (exact) mass is 315 g/mol. The smallest absolute Gasteiger partial charge is 0.305 e. The van der Waals surface area contributed by atoms with Gasteiger partial charge in [0.05, 0.1) is 7.11 Å². The van der Waals surface area contributed by atoms with Crippen molar-refractivity contribution in [2.75, 3.05) is 20.2 Å². The molecule has 124 valence electrons. The number of rotatable bonds is 8. The van der Waals surface area contributed by atoms with E-state index >= 15 is 0 Å². The van der Waals surface area contributed by atoms with Crippen LogP contribution >= 0.6 is 0 Å². The van der Waals surface area contributed by atoms with Gasteiger partial charge in [0.15, 0.2) is 0 Å². The van der Waals surface area contributed by atoms with Crippen LogP contribution in [0, 0.1) is 0 Å². The number of ether oxygens (including phenoxy) is 1. The highest BCUT2D eigenvalue weighted by molar-refractivity contribution is 5.94. The number of nitrogens with zero attached hydrogens (tertiary/aromatic N) is 1. The second kappa shape index (κ2) is 9.13. The number of methoxy groups -OCH3 is 1. The molecule has 23 heavy (non-hydrogen) atoms. The van der Waals surface area contributed by atoms with Gasteiger partial charge in [-0.25, -0.2) is 0 Å². The van der Waals surface area contributed by atoms with Crippen molar-refractivity contribution in [1.82, 2.24) is 4.90 Å². The third-order valence-corrected chi connectivity index (χ3v) is 4.16. The van der Waals surface area contributed by atoms with E-state index in [2.05, 4.69) is 29.0 Å². The van der Waals surface area contributed by atoms with E-state index in [1.807, 2.05) is 17.0 Å². The van der Waals surface area contributed by atoms with Gasteiger partial charge in [0.2, 0.25) is 5.91 Å².